The first-order chi connectivity index (χ1) is 16.3. The molecular weight excluding hydrogens is 461 g/mol. The van der Waals surface area contributed by atoms with Crippen LogP contribution in [0.2, 0.25) is 0 Å². The van der Waals surface area contributed by atoms with Crippen LogP contribution < -0.4 is 10.2 Å². The van der Waals surface area contributed by atoms with E-state index in [1.807, 2.05) is 0 Å². The molecule has 1 aliphatic heterocycles. The second-order valence-electron chi connectivity index (χ2n) is 9.37. The maximum Gasteiger partial charge on any atom is 0.416 e. The van der Waals surface area contributed by atoms with Crippen molar-refractivity contribution in [1.82, 2.24) is 9.55 Å². The van der Waals surface area contributed by atoms with Crippen LogP contribution in [0.15, 0.2) is 48.9 Å². The summed E-state index contributed by atoms with van der Waals surface area (Å²) >= 11 is 0. The lowest BCUT2D eigenvalue weighted by Crippen LogP contribution is -2.35. The number of rotatable bonds is 3. The predicted octanol–water partition coefficient (Wildman–Crippen LogP) is 5.75. The van der Waals surface area contributed by atoms with Crippen LogP contribution in [0.4, 0.5) is 29.3 Å². The number of fused-ring (bicyclic) bond motifs is 1. The molecule has 0 atom stereocenters. The molecule has 0 fully saturated rings. The van der Waals surface area contributed by atoms with Crippen molar-refractivity contribution in [3.05, 3.63) is 71.3 Å². The largest absolute Gasteiger partial charge is 0.443 e. The Bertz CT molecular complexity index is 1290. The summed E-state index contributed by atoms with van der Waals surface area (Å²) in [5, 5.41) is 2.55. The van der Waals surface area contributed by atoms with Gasteiger partial charge in [0.25, 0.3) is 5.91 Å². The summed E-state index contributed by atoms with van der Waals surface area (Å²) in [5.41, 5.74) is 0.884. The summed E-state index contributed by atoms with van der Waals surface area (Å²) in [4.78, 5) is 31.1. The molecule has 2 amide bonds. The van der Waals surface area contributed by atoms with Crippen LogP contribution in [0.5, 0.6) is 0 Å². The average molecular weight is 486 g/mol. The molecule has 0 saturated carbocycles. The number of carbonyl (C=O) groups excluding carboxylic acids is 2. The molecule has 10 heteroatoms. The molecule has 4 rings (SSSR count). The zero-order chi connectivity index (χ0) is 25.5. The first-order valence-electron chi connectivity index (χ1n) is 11.0. The van der Waals surface area contributed by atoms with Gasteiger partial charge in [-0.2, -0.15) is 13.2 Å². The number of anilines is 2. The number of alkyl halides is 3. The van der Waals surface area contributed by atoms with E-state index in [4.69, 9.17) is 4.74 Å². The van der Waals surface area contributed by atoms with E-state index in [-0.39, 0.29) is 16.9 Å². The third kappa shape index (κ3) is 5.47. The number of imidazole rings is 1. The highest BCUT2D eigenvalue weighted by Crippen LogP contribution is 2.34. The lowest BCUT2D eigenvalue weighted by atomic mass is 10.1. The Balaban J connectivity index is 1.62. The summed E-state index contributed by atoms with van der Waals surface area (Å²) in [6.07, 6.45) is -1.52. The van der Waals surface area contributed by atoms with Gasteiger partial charge in [0.15, 0.2) is 0 Å². The number of hydrogen-bond acceptors (Lipinski definition) is 4. The van der Waals surface area contributed by atoms with Crippen LogP contribution in [0.1, 0.15) is 48.0 Å². The highest BCUT2D eigenvalue weighted by molar-refractivity contribution is 6.06. The SMILES string of the molecule is Cc1cn(-c2cc(NC(=O)c3ccc4c(c3)N(C(=O)OC(C)(C)C)CC4)cc(C(F)(F)F)c2)cn1. The van der Waals surface area contributed by atoms with E-state index in [2.05, 4.69) is 10.3 Å². The van der Waals surface area contributed by atoms with Gasteiger partial charge in [0, 0.05) is 29.7 Å². The maximum atomic E-state index is 13.5. The van der Waals surface area contributed by atoms with Crippen molar-refractivity contribution in [2.45, 2.75) is 45.9 Å². The molecule has 1 N–H and O–H groups in total. The van der Waals surface area contributed by atoms with Crippen LogP contribution in [-0.2, 0) is 17.3 Å². The van der Waals surface area contributed by atoms with Gasteiger partial charge < -0.3 is 14.6 Å². The van der Waals surface area contributed by atoms with Crippen LogP contribution in [-0.4, -0.2) is 33.7 Å². The van der Waals surface area contributed by atoms with E-state index in [1.54, 1.807) is 52.1 Å². The van der Waals surface area contributed by atoms with Gasteiger partial charge in [-0.1, -0.05) is 6.07 Å². The highest BCUT2D eigenvalue weighted by atomic mass is 19.4. The van der Waals surface area contributed by atoms with Crippen molar-refractivity contribution in [2.24, 2.45) is 0 Å². The minimum absolute atomic E-state index is 0.0179. The van der Waals surface area contributed by atoms with Crippen LogP contribution in [0.3, 0.4) is 0 Å². The molecule has 2 heterocycles. The van der Waals surface area contributed by atoms with Gasteiger partial charge in [0.05, 0.1) is 23.3 Å². The van der Waals surface area contributed by atoms with Crippen LogP contribution >= 0.6 is 0 Å². The second kappa shape index (κ2) is 8.75. The first kappa shape index (κ1) is 24.3. The van der Waals surface area contributed by atoms with Crippen LogP contribution in [0.25, 0.3) is 5.69 Å². The normalized spacial score (nSPS) is 13.5. The summed E-state index contributed by atoms with van der Waals surface area (Å²) in [6, 6.07) is 8.18. The smallest absolute Gasteiger partial charge is 0.416 e. The Hall–Kier alpha value is -3.82. The molecule has 0 aliphatic carbocycles. The Morgan fingerprint density at radius 3 is 2.46 bits per heavy atom. The minimum Gasteiger partial charge on any atom is -0.443 e. The number of halogens is 3. The topological polar surface area (TPSA) is 76.5 Å². The monoisotopic (exact) mass is 486 g/mol. The van der Waals surface area contributed by atoms with Gasteiger partial charge in [-0.3, -0.25) is 9.69 Å². The third-order valence-corrected chi connectivity index (χ3v) is 5.37. The van der Waals surface area contributed by atoms with E-state index in [9.17, 15) is 22.8 Å². The van der Waals surface area contributed by atoms with E-state index < -0.39 is 29.3 Å². The Morgan fingerprint density at radius 2 is 1.83 bits per heavy atom. The molecule has 35 heavy (non-hydrogen) atoms. The first-order valence-corrected chi connectivity index (χ1v) is 11.0. The summed E-state index contributed by atoms with van der Waals surface area (Å²) in [5.74, 6) is -0.601. The number of aryl methyl sites for hydroxylation is 1. The van der Waals surface area contributed by atoms with Gasteiger partial charge in [-0.25, -0.2) is 9.78 Å². The van der Waals surface area contributed by atoms with Crippen molar-refractivity contribution in [2.75, 3.05) is 16.8 Å². The number of amides is 2. The van der Waals surface area contributed by atoms with E-state index in [0.717, 1.165) is 17.7 Å². The zero-order valence-corrected chi connectivity index (χ0v) is 19.7. The molecule has 7 nitrogen and oxygen atoms in total. The standard InChI is InChI=1S/C25H25F3N4O3/c1-15-13-31(14-29-15)20-11-18(25(26,27)28)10-19(12-20)30-22(33)17-6-5-16-7-8-32(21(16)9-17)23(34)35-24(2,3)4/h5-6,9-14H,7-8H2,1-4H3,(H,30,33). The van der Waals surface area contributed by atoms with Gasteiger partial charge in [-0.15, -0.1) is 0 Å². The molecule has 184 valence electrons. The van der Waals surface area contributed by atoms with Crippen molar-refractivity contribution in [1.29, 1.82) is 0 Å². The minimum atomic E-state index is -4.60. The number of aromatic nitrogens is 2. The lowest BCUT2D eigenvalue weighted by Gasteiger charge is -2.25. The molecule has 0 bridgehead atoms. The number of carbonyl (C=O) groups is 2. The second-order valence-corrected chi connectivity index (χ2v) is 9.37. The molecule has 1 aromatic heterocycles. The van der Waals surface area contributed by atoms with Gasteiger partial charge in [0.1, 0.15) is 5.60 Å². The Kier molecular flexibility index (Phi) is 6.08. The fourth-order valence-corrected chi connectivity index (χ4v) is 3.79. The number of hydrogen-bond donors (Lipinski definition) is 1. The quantitative estimate of drug-likeness (QED) is 0.512. The number of ether oxygens (including phenoxy) is 1. The molecule has 2 aromatic carbocycles. The van der Waals surface area contributed by atoms with Crippen molar-refractivity contribution in [3.8, 4) is 5.69 Å². The number of benzene rings is 2. The summed E-state index contributed by atoms with van der Waals surface area (Å²) < 4.78 is 47.5. The molecule has 0 unspecified atom stereocenters. The number of nitrogens with zero attached hydrogens (tertiary/aromatic N) is 3. The van der Waals surface area contributed by atoms with Gasteiger partial charge >= 0.3 is 12.3 Å². The molecule has 0 radical (unpaired) electrons. The van der Waals surface area contributed by atoms with Gasteiger partial charge in [-0.05, 0) is 70.0 Å². The van der Waals surface area contributed by atoms with E-state index in [1.165, 1.54) is 21.9 Å². The molecule has 0 spiro atoms. The van der Waals surface area contributed by atoms with E-state index in [0.29, 0.717) is 24.3 Å². The van der Waals surface area contributed by atoms with Crippen LogP contribution in [0, 0.1) is 6.92 Å². The van der Waals surface area contributed by atoms with Crippen molar-refractivity contribution >= 4 is 23.4 Å². The van der Waals surface area contributed by atoms with Gasteiger partial charge in [0.2, 0.25) is 0 Å². The average Bonchev–Trinajstić information content (AvgIpc) is 3.37. The van der Waals surface area contributed by atoms with E-state index >= 15 is 0 Å². The number of nitrogens with one attached hydrogen (secondary N) is 1. The fraction of sp³-hybridized carbons (Fsp3) is 0.320. The molecule has 3 aromatic rings. The summed E-state index contributed by atoms with van der Waals surface area (Å²) in [7, 11) is 0. The summed E-state index contributed by atoms with van der Waals surface area (Å²) in [6.45, 7) is 7.43. The maximum absolute atomic E-state index is 13.5. The zero-order valence-electron chi connectivity index (χ0n) is 19.7. The highest BCUT2D eigenvalue weighted by Gasteiger charge is 2.32. The van der Waals surface area contributed by atoms with Crippen molar-refractivity contribution < 1.29 is 27.5 Å². The Morgan fingerprint density at radius 1 is 1.09 bits per heavy atom. The predicted molar refractivity (Wildman–Crippen MR) is 125 cm³/mol. The molecular formula is C25H25F3N4O3. The fourth-order valence-electron chi connectivity index (χ4n) is 3.79. The Labute approximate surface area is 200 Å². The lowest BCUT2D eigenvalue weighted by molar-refractivity contribution is -0.137. The molecule has 0 saturated heterocycles. The third-order valence-electron chi connectivity index (χ3n) is 5.37. The van der Waals surface area contributed by atoms with Crippen molar-refractivity contribution in [3.63, 3.8) is 0 Å². The molecule has 1 aliphatic rings.